The summed E-state index contributed by atoms with van der Waals surface area (Å²) < 4.78 is 6.00. The predicted octanol–water partition coefficient (Wildman–Crippen LogP) is 5.96. The molecule has 2 aromatic heterocycles. The van der Waals surface area contributed by atoms with Crippen LogP contribution in [-0.4, -0.2) is 28.5 Å². The molecule has 4 rings (SSSR count). The lowest BCUT2D eigenvalue weighted by molar-refractivity contribution is -0.126. The van der Waals surface area contributed by atoms with Crippen LogP contribution in [0.4, 0.5) is 5.69 Å². The van der Waals surface area contributed by atoms with Gasteiger partial charge in [0.1, 0.15) is 10.8 Å². The molecule has 0 aliphatic carbocycles. The van der Waals surface area contributed by atoms with Crippen molar-refractivity contribution in [3.63, 3.8) is 0 Å². The van der Waals surface area contributed by atoms with Crippen molar-refractivity contribution in [3.8, 4) is 27.7 Å². The highest BCUT2D eigenvalue weighted by molar-refractivity contribution is 7.13. The molecule has 6 heteroatoms. The van der Waals surface area contributed by atoms with Gasteiger partial charge in [0.05, 0.1) is 17.1 Å². The Morgan fingerprint density at radius 1 is 1.10 bits per heavy atom. The van der Waals surface area contributed by atoms with Gasteiger partial charge in [-0.3, -0.25) is 9.78 Å². The Morgan fingerprint density at radius 2 is 2.00 bits per heavy atom. The Bertz CT molecular complexity index is 1000. The summed E-state index contributed by atoms with van der Waals surface area (Å²) in [5.41, 5.74) is 3.59. The number of pyridine rings is 1. The minimum Gasteiger partial charge on any atom is -0.478 e. The van der Waals surface area contributed by atoms with Gasteiger partial charge >= 0.3 is 0 Å². The fraction of sp³-hybridized carbons (Fsp3) is 0.375. The predicted molar refractivity (Wildman–Crippen MR) is 122 cm³/mol. The van der Waals surface area contributed by atoms with Gasteiger partial charge in [0.15, 0.2) is 6.10 Å². The number of carbonyl (C=O) groups is 1. The number of amides is 1. The molecule has 1 aliphatic rings. The average molecular weight is 422 g/mol. The quantitative estimate of drug-likeness (QED) is 0.421. The monoisotopic (exact) mass is 421 g/mol. The van der Waals surface area contributed by atoms with Crippen LogP contribution in [0.1, 0.15) is 46.0 Å². The maximum Gasteiger partial charge on any atom is 0.268 e. The van der Waals surface area contributed by atoms with E-state index in [0.717, 1.165) is 52.8 Å². The van der Waals surface area contributed by atoms with Crippen LogP contribution in [-0.2, 0) is 4.79 Å². The summed E-state index contributed by atoms with van der Waals surface area (Å²) in [5, 5.41) is 2.93. The van der Waals surface area contributed by atoms with E-state index in [2.05, 4.69) is 11.9 Å². The van der Waals surface area contributed by atoms with E-state index >= 15 is 0 Å². The first-order valence-corrected chi connectivity index (χ1v) is 11.6. The first-order chi connectivity index (χ1) is 14.7. The number of anilines is 1. The standard InChI is InChI=1S/C24H27N3O2S/c1-3-5-6-9-14-27-20-15-17(11-12-22(20)29-21(4-2)24(27)28)19-16-30-23(26-19)18-10-7-8-13-25-18/h7-8,10-13,15-16,21H,3-6,9,14H2,1-2H3. The van der Waals surface area contributed by atoms with Crippen LogP contribution in [0.3, 0.4) is 0 Å². The van der Waals surface area contributed by atoms with E-state index in [0.29, 0.717) is 6.42 Å². The zero-order chi connectivity index (χ0) is 20.9. The molecular weight excluding hydrogens is 394 g/mol. The Labute approximate surface area is 181 Å². The summed E-state index contributed by atoms with van der Waals surface area (Å²) in [7, 11) is 0. The smallest absolute Gasteiger partial charge is 0.268 e. The second kappa shape index (κ2) is 9.39. The molecule has 156 valence electrons. The normalized spacial score (nSPS) is 15.7. The van der Waals surface area contributed by atoms with Crippen molar-refractivity contribution < 1.29 is 9.53 Å². The molecule has 5 nitrogen and oxygen atoms in total. The lowest BCUT2D eigenvalue weighted by Crippen LogP contribution is -2.46. The third-order valence-electron chi connectivity index (χ3n) is 5.35. The minimum absolute atomic E-state index is 0.0612. The fourth-order valence-corrected chi connectivity index (χ4v) is 4.49. The molecule has 1 aliphatic heterocycles. The van der Waals surface area contributed by atoms with Crippen LogP contribution in [0.5, 0.6) is 5.75 Å². The molecule has 0 bridgehead atoms. The third-order valence-corrected chi connectivity index (χ3v) is 6.22. The van der Waals surface area contributed by atoms with E-state index in [4.69, 9.17) is 9.72 Å². The van der Waals surface area contributed by atoms with E-state index < -0.39 is 6.10 Å². The topological polar surface area (TPSA) is 55.3 Å². The van der Waals surface area contributed by atoms with Crippen molar-refractivity contribution in [2.45, 2.75) is 52.1 Å². The van der Waals surface area contributed by atoms with Gasteiger partial charge in [-0.2, -0.15) is 0 Å². The van der Waals surface area contributed by atoms with E-state index in [1.165, 1.54) is 12.8 Å². The van der Waals surface area contributed by atoms with Gasteiger partial charge in [0.2, 0.25) is 0 Å². The molecule has 1 amide bonds. The molecule has 3 aromatic rings. The molecule has 3 heterocycles. The van der Waals surface area contributed by atoms with E-state index in [-0.39, 0.29) is 5.91 Å². The maximum absolute atomic E-state index is 13.0. The van der Waals surface area contributed by atoms with Gasteiger partial charge in [-0.15, -0.1) is 11.3 Å². The van der Waals surface area contributed by atoms with Crippen LogP contribution >= 0.6 is 11.3 Å². The number of thiazole rings is 1. The van der Waals surface area contributed by atoms with Gasteiger partial charge < -0.3 is 9.64 Å². The second-order valence-electron chi connectivity index (χ2n) is 7.50. The number of rotatable bonds is 8. The molecule has 1 unspecified atom stereocenters. The highest BCUT2D eigenvalue weighted by Crippen LogP contribution is 2.39. The average Bonchev–Trinajstić information content (AvgIpc) is 3.28. The van der Waals surface area contributed by atoms with E-state index in [1.54, 1.807) is 17.5 Å². The van der Waals surface area contributed by atoms with Gasteiger partial charge in [-0.25, -0.2) is 4.98 Å². The second-order valence-corrected chi connectivity index (χ2v) is 8.36. The van der Waals surface area contributed by atoms with Crippen molar-refractivity contribution in [1.82, 2.24) is 9.97 Å². The number of unbranched alkanes of at least 4 members (excludes halogenated alkanes) is 3. The first-order valence-electron chi connectivity index (χ1n) is 10.7. The summed E-state index contributed by atoms with van der Waals surface area (Å²) in [6.07, 6.45) is 6.55. The van der Waals surface area contributed by atoms with Gasteiger partial charge in [0.25, 0.3) is 5.91 Å². The number of hydrogen-bond donors (Lipinski definition) is 0. The number of ether oxygens (including phenoxy) is 1. The van der Waals surface area contributed by atoms with Crippen LogP contribution in [0.15, 0.2) is 48.0 Å². The molecule has 0 saturated heterocycles. The minimum atomic E-state index is -0.399. The zero-order valence-electron chi connectivity index (χ0n) is 17.5. The molecule has 1 atom stereocenters. The fourth-order valence-electron chi connectivity index (χ4n) is 3.68. The van der Waals surface area contributed by atoms with Crippen molar-refractivity contribution in [1.29, 1.82) is 0 Å². The molecule has 0 N–H and O–H groups in total. The summed E-state index contributed by atoms with van der Waals surface area (Å²) >= 11 is 1.57. The molecular formula is C24H27N3O2S. The lowest BCUT2D eigenvalue weighted by atomic mass is 10.1. The zero-order valence-corrected chi connectivity index (χ0v) is 18.3. The van der Waals surface area contributed by atoms with Crippen molar-refractivity contribution in [3.05, 3.63) is 48.0 Å². The Balaban J connectivity index is 1.63. The molecule has 0 radical (unpaired) electrons. The summed E-state index contributed by atoms with van der Waals surface area (Å²) in [6.45, 7) is 4.92. The van der Waals surface area contributed by atoms with Crippen LogP contribution in [0.25, 0.3) is 22.0 Å². The summed E-state index contributed by atoms with van der Waals surface area (Å²) in [5.74, 6) is 0.840. The van der Waals surface area contributed by atoms with Crippen LogP contribution < -0.4 is 9.64 Å². The van der Waals surface area contributed by atoms with Crippen molar-refractivity contribution in [2.24, 2.45) is 0 Å². The van der Waals surface area contributed by atoms with Crippen LogP contribution in [0.2, 0.25) is 0 Å². The van der Waals surface area contributed by atoms with E-state index in [1.807, 2.05) is 53.6 Å². The number of hydrogen-bond acceptors (Lipinski definition) is 5. The number of aromatic nitrogens is 2. The Morgan fingerprint density at radius 3 is 2.77 bits per heavy atom. The number of benzene rings is 1. The third kappa shape index (κ3) is 4.24. The molecule has 0 fully saturated rings. The number of nitrogens with zero attached hydrogens (tertiary/aromatic N) is 3. The lowest BCUT2D eigenvalue weighted by Gasteiger charge is -2.34. The molecule has 30 heavy (non-hydrogen) atoms. The highest BCUT2D eigenvalue weighted by atomic mass is 32.1. The molecule has 0 spiro atoms. The number of carbonyl (C=O) groups excluding carboxylic acids is 1. The highest BCUT2D eigenvalue weighted by Gasteiger charge is 2.33. The van der Waals surface area contributed by atoms with Crippen molar-refractivity contribution in [2.75, 3.05) is 11.4 Å². The van der Waals surface area contributed by atoms with Crippen molar-refractivity contribution >= 4 is 22.9 Å². The molecule has 0 saturated carbocycles. The van der Waals surface area contributed by atoms with Gasteiger partial charge in [0, 0.05) is 23.7 Å². The summed E-state index contributed by atoms with van der Waals surface area (Å²) in [4.78, 5) is 24.1. The Hall–Kier alpha value is -2.73. The first kappa shape index (κ1) is 20.5. The van der Waals surface area contributed by atoms with E-state index in [9.17, 15) is 4.79 Å². The van der Waals surface area contributed by atoms with Gasteiger partial charge in [-0.1, -0.05) is 39.2 Å². The SMILES string of the molecule is CCCCCCN1C(=O)C(CC)Oc2ccc(-c3csc(-c4ccccn4)n3)cc21. The number of fused-ring (bicyclic) bond motifs is 1. The maximum atomic E-state index is 13.0. The summed E-state index contributed by atoms with van der Waals surface area (Å²) in [6, 6.07) is 11.9. The Kier molecular flexibility index (Phi) is 6.43. The van der Waals surface area contributed by atoms with Gasteiger partial charge in [-0.05, 0) is 43.2 Å². The largest absolute Gasteiger partial charge is 0.478 e. The molecule has 1 aromatic carbocycles. The van der Waals surface area contributed by atoms with Crippen LogP contribution in [0, 0.1) is 0 Å².